The molecule has 0 bridgehead atoms. The Morgan fingerprint density at radius 3 is 2.02 bits per heavy atom. The smallest absolute Gasteiger partial charge is 0.477 e. The van der Waals surface area contributed by atoms with Gasteiger partial charge in [-0.25, -0.2) is 14.4 Å². The molecule has 2 aromatic carbocycles. The minimum atomic E-state index is -1.29. The van der Waals surface area contributed by atoms with E-state index in [-0.39, 0.29) is 62.2 Å². The van der Waals surface area contributed by atoms with Crippen LogP contribution in [-0.4, -0.2) is 139 Å². The van der Waals surface area contributed by atoms with Gasteiger partial charge in [0.2, 0.25) is 11.8 Å². The fourth-order valence-corrected chi connectivity index (χ4v) is 8.84. The van der Waals surface area contributed by atoms with Crippen LogP contribution in [0.1, 0.15) is 30.9 Å². The van der Waals surface area contributed by atoms with Crippen LogP contribution >= 0.6 is 11.8 Å². The number of nitrogens with zero attached hydrogens (tertiary/aromatic N) is 6. The maximum atomic E-state index is 14.1. The number of thioether (sulfide) groups is 1. The third-order valence-electron chi connectivity index (χ3n) is 10.3. The van der Waals surface area contributed by atoms with Crippen LogP contribution in [0.15, 0.2) is 59.1 Å². The molecule has 3 amide bonds. The van der Waals surface area contributed by atoms with Gasteiger partial charge in [0, 0.05) is 80.1 Å². The van der Waals surface area contributed by atoms with Gasteiger partial charge in [-0.3, -0.25) is 39.6 Å². The summed E-state index contributed by atoms with van der Waals surface area (Å²) in [6, 6.07) is 9.58. The molecule has 0 aromatic heterocycles. The molecule has 0 aliphatic carbocycles. The number of benzene rings is 2. The van der Waals surface area contributed by atoms with Gasteiger partial charge in [0.15, 0.2) is 0 Å². The van der Waals surface area contributed by atoms with Gasteiger partial charge < -0.3 is 34.2 Å². The maximum absolute atomic E-state index is 14.1. The summed E-state index contributed by atoms with van der Waals surface area (Å²) < 4.78 is 15.8. The van der Waals surface area contributed by atoms with E-state index in [2.05, 4.69) is 0 Å². The fraction of sp³-hybridized carbons (Fsp3) is 0.472. The number of non-ortho nitro benzene ring substituents is 2. The molecule has 4 heterocycles. The second kappa shape index (κ2) is 17.6. The van der Waals surface area contributed by atoms with Gasteiger partial charge in [-0.05, 0) is 48.7 Å². The normalized spacial score (nSPS) is 22.4. The van der Waals surface area contributed by atoms with Crippen LogP contribution in [0.5, 0.6) is 0 Å². The minimum absolute atomic E-state index is 0.0129. The quantitative estimate of drug-likeness (QED) is 0.120. The Hall–Kier alpha value is -5.80. The molecular weight excluding hydrogens is 772 g/mol. The van der Waals surface area contributed by atoms with E-state index in [0.717, 1.165) is 0 Å². The van der Waals surface area contributed by atoms with Crippen molar-refractivity contribution in [3.05, 3.63) is 90.5 Å². The summed E-state index contributed by atoms with van der Waals surface area (Å²) in [7, 11) is 0. The summed E-state index contributed by atoms with van der Waals surface area (Å²) in [5, 5.41) is 41.6. The number of piperazine rings is 1. The molecule has 0 radical (unpaired) electrons. The molecule has 0 spiro atoms. The molecule has 0 unspecified atom stereocenters. The number of carboxylic acid groups (broad SMARTS) is 1. The summed E-state index contributed by atoms with van der Waals surface area (Å²) in [4.78, 5) is 92.1. The maximum Gasteiger partial charge on any atom is 0.508 e. The van der Waals surface area contributed by atoms with Crippen LogP contribution in [0.4, 0.5) is 21.0 Å². The molecule has 0 saturated carbocycles. The lowest BCUT2D eigenvalue weighted by molar-refractivity contribution is -0.385. The summed E-state index contributed by atoms with van der Waals surface area (Å²) in [5.41, 5.74) is 0.665. The number of likely N-dealkylation sites (tertiary alicyclic amines) is 1. The lowest BCUT2D eigenvalue weighted by Crippen LogP contribution is -2.61. The van der Waals surface area contributed by atoms with Gasteiger partial charge in [-0.15, -0.1) is 11.8 Å². The second-order valence-corrected chi connectivity index (χ2v) is 15.3. The number of carbonyl (C=O) groups excluding carboxylic acids is 4. The first-order chi connectivity index (χ1) is 27.2. The van der Waals surface area contributed by atoms with Crippen molar-refractivity contribution in [2.24, 2.45) is 5.92 Å². The van der Waals surface area contributed by atoms with Crippen LogP contribution in [0.2, 0.25) is 0 Å². The molecule has 2 aromatic rings. The third kappa shape index (κ3) is 9.26. The number of fused-ring (bicyclic) bond motifs is 1. The number of aliphatic hydroxyl groups excluding tert-OH is 1. The molecule has 4 aliphatic heterocycles. The van der Waals surface area contributed by atoms with Crippen molar-refractivity contribution in [2.45, 2.75) is 56.4 Å². The highest BCUT2D eigenvalue weighted by atomic mass is 32.2. The first-order valence-electron chi connectivity index (χ1n) is 18.1. The Morgan fingerprint density at radius 2 is 1.47 bits per heavy atom. The van der Waals surface area contributed by atoms with Gasteiger partial charge in [0.05, 0.1) is 27.9 Å². The highest BCUT2D eigenvalue weighted by Crippen LogP contribution is 2.49. The molecule has 20 nitrogen and oxygen atoms in total. The number of ether oxygens (including phenoxy) is 3. The van der Waals surface area contributed by atoms with Gasteiger partial charge in [-0.2, -0.15) is 0 Å². The van der Waals surface area contributed by atoms with Gasteiger partial charge in [0.25, 0.3) is 11.4 Å². The van der Waals surface area contributed by atoms with E-state index < -0.39 is 63.3 Å². The lowest BCUT2D eigenvalue weighted by atomic mass is 9.83. The van der Waals surface area contributed by atoms with E-state index in [1.165, 1.54) is 77.0 Å². The van der Waals surface area contributed by atoms with Crippen molar-refractivity contribution in [3.63, 3.8) is 0 Å². The number of amides is 3. The molecule has 2 N–H and O–H groups in total. The first kappa shape index (κ1) is 40.9. The molecule has 5 atom stereocenters. The van der Waals surface area contributed by atoms with Crippen molar-refractivity contribution in [1.82, 2.24) is 19.6 Å². The van der Waals surface area contributed by atoms with E-state index in [0.29, 0.717) is 48.8 Å². The zero-order valence-electron chi connectivity index (χ0n) is 30.7. The van der Waals surface area contributed by atoms with Crippen molar-refractivity contribution < 1.29 is 58.2 Å². The van der Waals surface area contributed by atoms with E-state index in [9.17, 15) is 54.4 Å². The molecule has 304 valence electrons. The Labute approximate surface area is 329 Å². The highest BCUT2D eigenvalue weighted by molar-refractivity contribution is 8.03. The zero-order valence-corrected chi connectivity index (χ0v) is 31.5. The zero-order chi connectivity index (χ0) is 41.0. The number of hydrogen-bond donors (Lipinski definition) is 2. The minimum Gasteiger partial charge on any atom is -0.477 e. The lowest BCUT2D eigenvalue weighted by Gasteiger charge is -2.44. The monoisotopic (exact) mass is 812 g/mol. The van der Waals surface area contributed by atoms with E-state index in [4.69, 9.17) is 14.2 Å². The van der Waals surface area contributed by atoms with Crippen LogP contribution < -0.4 is 0 Å². The largest absolute Gasteiger partial charge is 0.508 e. The molecule has 21 heteroatoms. The summed E-state index contributed by atoms with van der Waals surface area (Å²) in [6.45, 7) is 3.03. The number of β-lactam (4-membered cyclic amide) rings is 1. The number of aliphatic carboxylic acids is 1. The average molecular weight is 813 g/mol. The molecule has 3 saturated heterocycles. The predicted octanol–water partition coefficient (Wildman–Crippen LogP) is 2.72. The Balaban J connectivity index is 1.04. The van der Waals surface area contributed by atoms with Crippen LogP contribution in [-0.2, 0) is 41.8 Å². The Morgan fingerprint density at radius 1 is 0.895 bits per heavy atom. The van der Waals surface area contributed by atoms with Crippen LogP contribution in [0.3, 0.4) is 0 Å². The first-order valence-corrected chi connectivity index (χ1v) is 18.9. The number of nitro benzene ring substituents is 2. The van der Waals surface area contributed by atoms with Gasteiger partial charge in [-0.1, -0.05) is 0 Å². The van der Waals surface area contributed by atoms with Gasteiger partial charge in [0.1, 0.15) is 31.6 Å². The number of aliphatic hydroxyl groups is 1. The fourth-order valence-electron chi connectivity index (χ4n) is 7.36. The second-order valence-electron chi connectivity index (χ2n) is 13.9. The van der Waals surface area contributed by atoms with E-state index in [1.54, 1.807) is 4.90 Å². The molecular formula is C36H40N6O14S. The summed E-state index contributed by atoms with van der Waals surface area (Å²) in [5.74, 6) is -2.81. The highest BCUT2D eigenvalue weighted by Gasteiger charge is 2.57. The van der Waals surface area contributed by atoms with Crippen molar-refractivity contribution in [1.29, 1.82) is 0 Å². The van der Waals surface area contributed by atoms with Crippen LogP contribution in [0, 0.1) is 26.1 Å². The number of hydrogen-bond acceptors (Lipinski definition) is 15. The van der Waals surface area contributed by atoms with Crippen molar-refractivity contribution in [2.75, 3.05) is 45.9 Å². The molecule has 4 aliphatic rings. The predicted molar refractivity (Wildman–Crippen MR) is 197 cm³/mol. The van der Waals surface area contributed by atoms with Crippen LogP contribution in [0.25, 0.3) is 0 Å². The Bertz CT molecular complexity index is 1940. The number of nitro groups is 2. The number of rotatable bonds is 14. The molecule has 57 heavy (non-hydrogen) atoms. The van der Waals surface area contributed by atoms with E-state index in [1.807, 2.05) is 4.90 Å². The van der Waals surface area contributed by atoms with E-state index >= 15 is 0 Å². The molecule has 3 fully saturated rings. The SMILES string of the molecule is C[C@@H](O)[C@H]1C(=O)N2C(C(=O)O)=C(S[C@H]3C[C@@H](C(=O)N4CCN(CCOC(=O)OCc5ccc([N+](=O)[O-])cc5)CC4)N(C(=O)OCc4ccc([N+](=O)[O-])cc4)C3)C[C@H]12. The third-order valence-corrected chi connectivity index (χ3v) is 11.6. The summed E-state index contributed by atoms with van der Waals surface area (Å²) in [6.07, 6.45) is -2.27. The standard InChI is InChI=1S/C36H40N6O14S/c1-21(43)30-27-17-29(31(34(46)47)40(27)33(30)45)57-26-16-28(39(18-26)35(48)55-19-22-2-6-24(7-3-22)41(50)51)32(44)38-12-10-37(11-13-38)14-15-54-36(49)56-20-23-4-8-25(9-5-23)42(52)53/h2-9,21,26-28,30,43H,10-20H2,1H3,(H,46,47)/t21-,26+,27-,28+,30-/m1/s1. The Kier molecular flexibility index (Phi) is 12.6. The molecule has 6 rings (SSSR count). The van der Waals surface area contributed by atoms with Crippen molar-refractivity contribution >= 4 is 53.2 Å². The average Bonchev–Trinajstić information content (AvgIpc) is 3.75. The van der Waals surface area contributed by atoms with Gasteiger partial charge >= 0.3 is 18.2 Å². The number of carboxylic acids is 1. The van der Waals surface area contributed by atoms with Crippen molar-refractivity contribution in [3.8, 4) is 0 Å². The summed E-state index contributed by atoms with van der Waals surface area (Å²) >= 11 is 1.19. The topological polar surface area (TPSA) is 253 Å². The number of carbonyl (C=O) groups is 5.